The zero-order valence-electron chi connectivity index (χ0n) is 27.6. The van der Waals surface area contributed by atoms with Crippen LogP contribution in [0.25, 0.3) is 0 Å². The SMILES string of the molecule is COCOc1ccc(C(=O)C(c2cccnc2)C(Oc2ccc(C(CCNS(=O)(=O)c3ccc(Cl)cc3)Cc3cccnc3)cc2)C(=O)O)cc1. The first-order valence-electron chi connectivity index (χ1n) is 15.9. The number of pyridine rings is 2. The zero-order valence-corrected chi connectivity index (χ0v) is 29.2. The van der Waals surface area contributed by atoms with E-state index in [2.05, 4.69) is 14.7 Å². The summed E-state index contributed by atoms with van der Waals surface area (Å²) in [4.78, 5) is 35.1. The van der Waals surface area contributed by atoms with E-state index < -0.39 is 33.8 Å². The van der Waals surface area contributed by atoms with E-state index in [-0.39, 0.29) is 35.5 Å². The van der Waals surface area contributed by atoms with Gasteiger partial charge in [0, 0.05) is 49.0 Å². The Labute approximate surface area is 301 Å². The van der Waals surface area contributed by atoms with Crippen molar-refractivity contribution in [3.63, 3.8) is 0 Å². The first-order valence-corrected chi connectivity index (χ1v) is 17.8. The second-order valence-electron chi connectivity index (χ2n) is 11.6. The van der Waals surface area contributed by atoms with Gasteiger partial charge in [0.2, 0.25) is 16.1 Å². The summed E-state index contributed by atoms with van der Waals surface area (Å²) < 4.78 is 44.9. The molecule has 51 heavy (non-hydrogen) atoms. The van der Waals surface area contributed by atoms with E-state index in [1.54, 1.807) is 60.9 Å². The molecule has 2 N–H and O–H groups in total. The predicted molar refractivity (Wildman–Crippen MR) is 191 cm³/mol. The highest BCUT2D eigenvalue weighted by Gasteiger charge is 2.38. The second kappa shape index (κ2) is 17.7. The van der Waals surface area contributed by atoms with Gasteiger partial charge in [-0.2, -0.15) is 0 Å². The molecular weight excluding hydrogens is 694 g/mol. The molecule has 3 aromatic carbocycles. The normalized spacial score (nSPS) is 13.1. The van der Waals surface area contributed by atoms with Crippen LogP contribution in [0.2, 0.25) is 5.02 Å². The van der Waals surface area contributed by atoms with E-state index in [1.807, 2.05) is 24.3 Å². The van der Waals surface area contributed by atoms with Crippen molar-refractivity contribution in [3.05, 3.63) is 149 Å². The van der Waals surface area contributed by atoms with E-state index in [1.165, 1.54) is 43.8 Å². The van der Waals surface area contributed by atoms with Crippen LogP contribution >= 0.6 is 11.6 Å². The molecular formula is C38H36ClN3O8S. The predicted octanol–water partition coefficient (Wildman–Crippen LogP) is 6.31. The number of aromatic nitrogens is 2. The molecule has 5 rings (SSSR count). The second-order valence-corrected chi connectivity index (χ2v) is 13.8. The Bertz CT molecular complexity index is 1980. The zero-order chi connectivity index (χ0) is 36.2. The summed E-state index contributed by atoms with van der Waals surface area (Å²) in [6.45, 7) is 0.191. The van der Waals surface area contributed by atoms with Gasteiger partial charge in [-0.05, 0) is 108 Å². The van der Waals surface area contributed by atoms with Crippen molar-refractivity contribution in [3.8, 4) is 11.5 Å². The largest absolute Gasteiger partial charge is 0.478 e. The topological polar surface area (TPSA) is 154 Å². The summed E-state index contributed by atoms with van der Waals surface area (Å²) in [5.41, 5.74) is 2.48. The molecule has 0 saturated carbocycles. The van der Waals surface area contributed by atoms with Gasteiger partial charge in [0.25, 0.3) is 0 Å². The lowest BCUT2D eigenvalue weighted by Gasteiger charge is -2.25. The van der Waals surface area contributed by atoms with Crippen LogP contribution in [0, 0.1) is 0 Å². The monoisotopic (exact) mass is 729 g/mol. The summed E-state index contributed by atoms with van der Waals surface area (Å²) in [6.07, 6.45) is 5.85. The minimum Gasteiger partial charge on any atom is -0.478 e. The number of carbonyl (C=O) groups is 2. The van der Waals surface area contributed by atoms with Gasteiger partial charge in [-0.15, -0.1) is 0 Å². The first kappa shape index (κ1) is 37.1. The number of carboxylic acid groups (broad SMARTS) is 1. The van der Waals surface area contributed by atoms with Gasteiger partial charge in [-0.3, -0.25) is 14.8 Å². The fraction of sp³-hybridized carbons (Fsp3) is 0.211. The smallest absolute Gasteiger partial charge is 0.346 e. The van der Waals surface area contributed by atoms with Crippen LogP contribution in [0.15, 0.2) is 127 Å². The van der Waals surface area contributed by atoms with Crippen molar-refractivity contribution in [2.45, 2.75) is 35.7 Å². The van der Waals surface area contributed by atoms with Gasteiger partial charge in [0.1, 0.15) is 11.5 Å². The average molecular weight is 730 g/mol. The Hall–Kier alpha value is -5.14. The number of rotatable bonds is 18. The third-order valence-electron chi connectivity index (χ3n) is 8.08. The third-order valence-corrected chi connectivity index (χ3v) is 9.81. The van der Waals surface area contributed by atoms with Crippen molar-refractivity contribution in [1.29, 1.82) is 0 Å². The molecule has 2 aromatic heterocycles. The third kappa shape index (κ3) is 10.2. The number of Topliss-reactive ketones (excluding diaryl/α,β-unsaturated/α-hetero) is 1. The fourth-order valence-electron chi connectivity index (χ4n) is 5.53. The highest BCUT2D eigenvalue weighted by molar-refractivity contribution is 7.89. The Morgan fingerprint density at radius 2 is 1.51 bits per heavy atom. The molecule has 11 nitrogen and oxygen atoms in total. The molecule has 3 unspecified atom stereocenters. The number of ketones is 1. The number of carbonyl (C=O) groups excluding carboxylic acids is 1. The number of ether oxygens (including phenoxy) is 3. The minimum atomic E-state index is -3.76. The Morgan fingerprint density at radius 3 is 2.12 bits per heavy atom. The van der Waals surface area contributed by atoms with E-state index in [4.69, 9.17) is 25.8 Å². The number of sulfonamides is 1. The number of methoxy groups -OCH3 is 1. The lowest BCUT2D eigenvalue weighted by atomic mass is 9.86. The fourth-order valence-corrected chi connectivity index (χ4v) is 6.70. The minimum absolute atomic E-state index is 0.0344. The Morgan fingerprint density at radius 1 is 0.843 bits per heavy atom. The molecule has 13 heteroatoms. The van der Waals surface area contributed by atoms with Gasteiger partial charge < -0.3 is 19.3 Å². The van der Waals surface area contributed by atoms with Crippen LogP contribution < -0.4 is 14.2 Å². The molecule has 264 valence electrons. The van der Waals surface area contributed by atoms with Crippen LogP contribution in [-0.4, -0.2) is 61.8 Å². The maximum Gasteiger partial charge on any atom is 0.346 e. The quantitative estimate of drug-likeness (QED) is 0.0775. The molecule has 3 atom stereocenters. The summed E-state index contributed by atoms with van der Waals surface area (Å²) in [5.74, 6) is -2.44. The van der Waals surface area contributed by atoms with E-state index in [0.29, 0.717) is 29.2 Å². The van der Waals surface area contributed by atoms with E-state index in [0.717, 1.165) is 11.1 Å². The van der Waals surface area contributed by atoms with Crippen LogP contribution in [0.3, 0.4) is 0 Å². The van der Waals surface area contributed by atoms with Crippen molar-refractivity contribution < 1.29 is 37.3 Å². The summed E-state index contributed by atoms with van der Waals surface area (Å²) in [7, 11) is -2.27. The summed E-state index contributed by atoms with van der Waals surface area (Å²) in [6, 6.07) is 26.2. The van der Waals surface area contributed by atoms with Gasteiger partial charge in [-0.25, -0.2) is 17.9 Å². The number of hydrogen-bond donors (Lipinski definition) is 2. The Balaban J connectivity index is 1.36. The molecule has 5 aromatic rings. The number of aliphatic carboxylic acids is 1. The molecule has 0 amide bonds. The van der Waals surface area contributed by atoms with E-state index in [9.17, 15) is 23.1 Å². The number of benzene rings is 3. The van der Waals surface area contributed by atoms with Crippen LogP contribution in [0.4, 0.5) is 0 Å². The number of halogens is 1. The van der Waals surface area contributed by atoms with Crippen LogP contribution in [0.1, 0.15) is 45.3 Å². The molecule has 0 aliphatic heterocycles. The molecule has 0 fully saturated rings. The molecule has 0 aliphatic rings. The van der Waals surface area contributed by atoms with Crippen molar-refractivity contribution in [1.82, 2.24) is 14.7 Å². The van der Waals surface area contributed by atoms with E-state index >= 15 is 0 Å². The first-order chi connectivity index (χ1) is 24.6. The van der Waals surface area contributed by atoms with Crippen molar-refractivity contribution >= 4 is 33.4 Å². The lowest BCUT2D eigenvalue weighted by molar-refractivity contribution is -0.145. The number of carboxylic acids is 1. The Kier molecular flexibility index (Phi) is 12.9. The average Bonchev–Trinajstić information content (AvgIpc) is 3.14. The van der Waals surface area contributed by atoms with Gasteiger partial charge in [-0.1, -0.05) is 35.9 Å². The highest BCUT2D eigenvalue weighted by Crippen LogP contribution is 2.31. The summed E-state index contributed by atoms with van der Waals surface area (Å²) >= 11 is 5.92. The number of nitrogens with zero attached hydrogens (tertiary/aromatic N) is 2. The number of nitrogens with one attached hydrogen (secondary N) is 1. The van der Waals surface area contributed by atoms with Gasteiger partial charge in [0.05, 0.1) is 10.8 Å². The molecule has 0 bridgehead atoms. The van der Waals surface area contributed by atoms with Crippen molar-refractivity contribution in [2.24, 2.45) is 0 Å². The maximum atomic E-state index is 13.9. The molecule has 0 aliphatic carbocycles. The molecule has 2 heterocycles. The molecule has 0 spiro atoms. The number of hydrogen-bond acceptors (Lipinski definition) is 9. The van der Waals surface area contributed by atoms with Gasteiger partial charge in [0.15, 0.2) is 12.6 Å². The van der Waals surface area contributed by atoms with Crippen molar-refractivity contribution in [2.75, 3.05) is 20.4 Å². The lowest BCUT2D eigenvalue weighted by Crippen LogP contribution is -2.38. The van der Waals surface area contributed by atoms with Gasteiger partial charge >= 0.3 is 5.97 Å². The molecule has 0 radical (unpaired) electrons. The molecule has 0 saturated heterocycles. The van der Waals surface area contributed by atoms with Crippen LogP contribution in [0.5, 0.6) is 11.5 Å². The standard InChI is InChI=1S/C38H36ClN3O8S/c1-48-25-49-32-12-8-28(9-13-32)36(43)35(30-5-3-20-41-24-30)37(38(44)45)50-33-14-6-27(7-15-33)29(22-26-4-2-19-40-23-26)18-21-42-51(46,47)34-16-10-31(39)11-17-34/h2-17,19-20,23-24,29,35,37,42H,18,21-22,25H2,1H3,(H,44,45). The highest BCUT2D eigenvalue weighted by atomic mass is 35.5. The maximum absolute atomic E-state index is 13.9. The summed E-state index contributed by atoms with van der Waals surface area (Å²) in [5, 5.41) is 10.8. The van der Waals surface area contributed by atoms with Crippen LogP contribution in [-0.2, 0) is 26.0 Å².